The molecule has 0 bridgehead atoms. The molecule has 0 spiro atoms. The summed E-state index contributed by atoms with van der Waals surface area (Å²) < 4.78 is 0. The van der Waals surface area contributed by atoms with E-state index in [1.165, 1.54) is 20.8 Å². The number of nitrogens with two attached hydrogens (primary N) is 2. The van der Waals surface area contributed by atoms with E-state index in [4.69, 9.17) is 16.6 Å². The smallest absolute Gasteiger partial charge is 0.326 e. The fourth-order valence-electron chi connectivity index (χ4n) is 2.64. The molecule has 10 N–H and O–H groups in total. The molecule has 14 nitrogen and oxygen atoms in total. The van der Waals surface area contributed by atoms with Crippen LogP contribution in [0.25, 0.3) is 0 Å². The Morgan fingerprint density at radius 3 is 1.79 bits per heavy atom. The number of aliphatic carboxylic acids is 2. The van der Waals surface area contributed by atoms with Crippen LogP contribution in [0.3, 0.4) is 0 Å². The van der Waals surface area contributed by atoms with Crippen LogP contribution in [0, 0.1) is 0 Å². The second-order valence-corrected chi connectivity index (χ2v) is 7.93. The lowest BCUT2D eigenvalue weighted by Gasteiger charge is -2.22. The summed E-state index contributed by atoms with van der Waals surface area (Å²) >= 11 is 0. The van der Waals surface area contributed by atoms with Crippen LogP contribution in [0.1, 0.15) is 52.9 Å². The van der Waals surface area contributed by atoms with Gasteiger partial charge in [0.05, 0.1) is 6.04 Å². The number of hydrogen-bond donors (Lipinski definition) is 8. The van der Waals surface area contributed by atoms with Crippen LogP contribution >= 0.6 is 0 Å². The molecule has 0 rings (SSSR count). The maximum atomic E-state index is 12.7. The van der Waals surface area contributed by atoms with Crippen molar-refractivity contribution >= 4 is 35.6 Å². The van der Waals surface area contributed by atoms with Crippen molar-refractivity contribution in [3.05, 3.63) is 0 Å². The third-order valence-electron chi connectivity index (χ3n) is 4.77. The number of hydrogen-bond acceptors (Lipinski definition) is 8. The molecule has 0 heterocycles. The highest BCUT2D eigenvalue weighted by atomic mass is 16.4. The fourth-order valence-corrected chi connectivity index (χ4v) is 2.64. The van der Waals surface area contributed by atoms with Crippen molar-refractivity contribution in [1.29, 1.82) is 0 Å². The average Bonchev–Trinajstić information content (AvgIpc) is 2.74. The van der Waals surface area contributed by atoms with Gasteiger partial charge in [0.15, 0.2) is 0 Å². The molecule has 0 aromatic heterocycles. The summed E-state index contributed by atoms with van der Waals surface area (Å²) in [6, 6.07) is -5.53. The molecule has 34 heavy (non-hydrogen) atoms. The van der Waals surface area contributed by atoms with E-state index < -0.39 is 65.8 Å². The Morgan fingerprint density at radius 1 is 0.706 bits per heavy atom. The van der Waals surface area contributed by atoms with E-state index in [0.717, 1.165) is 0 Å². The highest BCUT2D eigenvalue weighted by molar-refractivity contribution is 5.93. The summed E-state index contributed by atoms with van der Waals surface area (Å²) in [5.74, 6) is -5.28. The first-order chi connectivity index (χ1) is 15.8. The van der Waals surface area contributed by atoms with Gasteiger partial charge in [0.1, 0.15) is 24.2 Å². The molecule has 0 saturated carbocycles. The second kappa shape index (κ2) is 15.6. The van der Waals surface area contributed by atoms with Crippen molar-refractivity contribution in [3.63, 3.8) is 0 Å². The molecule has 14 heteroatoms. The van der Waals surface area contributed by atoms with Crippen molar-refractivity contribution in [2.75, 3.05) is 6.54 Å². The van der Waals surface area contributed by atoms with Gasteiger partial charge in [-0.15, -0.1) is 0 Å². The van der Waals surface area contributed by atoms with Crippen molar-refractivity contribution in [3.8, 4) is 0 Å². The van der Waals surface area contributed by atoms with Gasteiger partial charge in [-0.3, -0.25) is 24.0 Å². The molecular weight excluding hydrogens is 452 g/mol. The average molecular weight is 489 g/mol. The van der Waals surface area contributed by atoms with Crippen LogP contribution in [-0.4, -0.2) is 82.5 Å². The van der Waals surface area contributed by atoms with Gasteiger partial charge in [-0.05, 0) is 53.0 Å². The Balaban J connectivity index is 5.05. The summed E-state index contributed by atoms with van der Waals surface area (Å²) in [6.07, 6.45) is 0.744. The molecule has 0 aromatic rings. The number of carbonyl (C=O) groups is 6. The molecule has 4 amide bonds. The zero-order valence-corrected chi connectivity index (χ0v) is 19.6. The normalized spacial score (nSPS) is 15.1. The molecule has 1 unspecified atom stereocenters. The SMILES string of the molecule is C[C@H](N)C(=O)NC(CCC(=O)N[C@@H](CCCCN)C(=O)N[C@H](C)C(=O)N[C@H](C)C(=O)O)C(=O)O. The Labute approximate surface area is 197 Å². The minimum Gasteiger partial charge on any atom is -0.480 e. The standard InChI is InChI=1S/C20H36N6O8/c1-10(22)16(28)26-14(20(33)34)7-8-15(27)25-13(6-4-5-9-21)18(30)23-11(2)17(29)24-12(3)19(31)32/h10-14H,4-9,21-22H2,1-3H3,(H,23,30)(H,24,29)(H,25,27)(H,26,28)(H,31,32)(H,33,34)/t10-,11+,12+,13-,14?/m0/s1. The second-order valence-electron chi connectivity index (χ2n) is 7.93. The molecule has 5 atom stereocenters. The number of carboxylic acids is 2. The van der Waals surface area contributed by atoms with Gasteiger partial charge < -0.3 is 42.9 Å². The van der Waals surface area contributed by atoms with Crippen molar-refractivity contribution < 1.29 is 39.0 Å². The van der Waals surface area contributed by atoms with Gasteiger partial charge in [0, 0.05) is 6.42 Å². The lowest BCUT2D eigenvalue weighted by atomic mass is 10.1. The summed E-state index contributed by atoms with van der Waals surface area (Å²) in [5.41, 5.74) is 10.9. The van der Waals surface area contributed by atoms with E-state index in [1.807, 2.05) is 0 Å². The van der Waals surface area contributed by atoms with Crippen molar-refractivity contribution in [1.82, 2.24) is 21.3 Å². The monoisotopic (exact) mass is 488 g/mol. The highest BCUT2D eigenvalue weighted by Crippen LogP contribution is 2.05. The van der Waals surface area contributed by atoms with Gasteiger partial charge in [-0.25, -0.2) is 4.79 Å². The molecule has 0 aromatic carbocycles. The van der Waals surface area contributed by atoms with E-state index in [2.05, 4.69) is 21.3 Å². The van der Waals surface area contributed by atoms with Gasteiger partial charge >= 0.3 is 11.9 Å². The predicted octanol–water partition coefficient (Wildman–Crippen LogP) is -2.61. The van der Waals surface area contributed by atoms with Crippen LogP contribution in [0.5, 0.6) is 0 Å². The largest absolute Gasteiger partial charge is 0.480 e. The van der Waals surface area contributed by atoms with Crippen molar-refractivity contribution in [2.45, 2.75) is 83.1 Å². The number of rotatable bonds is 16. The molecule has 0 aliphatic heterocycles. The van der Waals surface area contributed by atoms with E-state index in [-0.39, 0.29) is 19.3 Å². The Hall–Kier alpha value is -3.26. The highest BCUT2D eigenvalue weighted by Gasteiger charge is 2.27. The van der Waals surface area contributed by atoms with Crippen molar-refractivity contribution in [2.24, 2.45) is 11.5 Å². The summed E-state index contributed by atoms with van der Waals surface area (Å²) in [4.78, 5) is 71.0. The maximum absolute atomic E-state index is 12.7. The minimum atomic E-state index is -1.34. The topological polar surface area (TPSA) is 243 Å². The first-order valence-corrected chi connectivity index (χ1v) is 10.9. The molecule has 0 aliphatic carbocycles. The lowest BCUT2D eigenvalue weighted by molar-refractivity contribution is -0.142. The third-order valence-corrected chi connectivity index (χ3v) is 4.77. The zero-order valence-electron chi connectivity index (χ0n) is 19.6. The molecule has 0 saturated heterocycles. The first kappa shape index (κ1) is 30.7. The van der Waals surface area contributed by atoms with Gasteiger partial charge in [0.2, 0.25) is 23.6 Å². The minimum absolute atomic E-state index is 0.207. The molecular formula is C20H36N6O8. The quantitative estimate of drug-likeness (QED) is 0.105. The molecule has 194 valence electrons. The lowest BCUT2D eigenvalue weighted by Crippen LogP contribution is -2.54. The molecule has 0 aliphatic rings. The Kier molecular flexibility index (Phi) is 14.1. The number of amides is 4. The summed E-state index contributed by atoms with van der Waals surface area (Å²) in [5, 5.41) is 27.5. The zero-order chi connectivity index (χ0) is 26.4. The van der Waals surface area contributed by atoms with Crippen LogP contribution in [-0.2, 0) is 28.8 Å². The maximum Gasteiger partial charge on any atom is 0.326 e. The number of nitrogens with one attached hydrogen (secondary N) is 4. The van der Waals surface area contributed by atoms with E-state index in [9.17, 15) is 33.9 Å². The number of unbranched alkanes of at least 4 members (excludes halogenated alkanes) is 1. The van der Waals surface area contributed by atoms with E-state index in [1.54, 1.807) is 0 Å². The van der Waals surface area contributed by atoms with Gasteiger partial charge in [-0.2, -0.15) is 0 Å². The predicted molar refractivity (Wildman–Crippen MR) is 120 cm³/mol. The first-order valence-electron chi connectivity index (χ1n) is 10.9. The fraction of sp³-hybridized carbons (Fsp3) is 0.700. The summed E-state index contributed by atoms with van der Waals surface area (Å²) in [6.45, 7) is 4.38. The third kappa shape index (κ3) is 12.1. The van der Waals surface area contributed by atoms with E-state index in [0.29, 0.717) is 19.4 Å². The van der Waals surface area contributed by atoms with Gasteiger partial charge in [0.25, 0.3) is 0 Å². The Bertz CT molecular complexity index is 745. The van der Waals surface area contributed by atoms with Crippen LogP contribution in [0.4, 0.5) is 0 Å². The Morgan fingerprint density at radius 2 is 1.29 bits per heavy atom. The number of carbonyl (C=O) groups excluding carboxylic acids is 4. The summed E-state index contributed by atoms with van der Waals surface area (Å²) in [7, 11) is 0. The van der Waals surface area contributed by atoms with Gasteiger partial charge in [-0.1, -0.05) is 0 Å². The molecule has 0 fully saturated rings. The number of carboxylic acid groups (broad SMARTS) is 2. The van der Waals surface area contributed by atoms with E-state index >= 15 is 0 Å². The van der Waals surface area contributed by atoms with Crippen LogP contribution in [0.2, 0.25) is 0 Å². The molecule has 0 radical (unpaired) electrons. The van der Waals surface area contributed by atoms with Crippen LogP contribution < -0.4 is 32.7 Å². The van der Waals surface area contributed by atoms with Crippen LogP contribution in [0.15, 0.2) is 0 Å².